The summed E-state index contributed by atoms with van der Waals surface area (Å²) >= 11 is 0. The maximum atomic E-state index is 11.8. The number of carboxylic acids is 1. The molecule has 0 aromatic rings. The molecule has 102 valence electrons. The van der Waals surface area contributed by atoms with Crippen LogP contribution in [0.4, 0.5) is 0 Å². The van der Waals surface area contributed by atoms with Gasteiger partial charge in [0.2, 0.25) is 5.91 Å². The predicted molar refractivity (Wildman–Crippen MR) is 66.0 cm³/mol. The van der Waals surface area contributed by atoms with Crippen LogP contribution in [0.25, 0.3) is 0 Å². The van der Waals surface area contributed by atoms with Crippen LogP contribution in [-0.2, 0) is 9.59 Å². The molecule has 6 heteroatoms. The first-order valence-corrected chi connectivity index (χ1v) is 6.59. The third kappa shape index (κ3) is 3.00. The number of piperidine rings is 1. The maximum absolute atomic E-state index is 11.8. The quantitative estimate of drug-likeness (QED) is 0.631. The van der Waals surface area contributed by atoms with Crippen LogP contribution >= 0.6 is 0 Å². The zero-order valence-electron chi connectivity index (χ0n) is 10.5. The molecular weight excluding hydrogens is 234 g/mol. The zero-order chi connectivity index (χ0) is 13.1. The Morgan fingerprint density at radius 2 is 2.11 bits per heavy atom. The Bertz CT molecular complexity index is 335. The number of nitrogens with two attached hydrogens (primary N) is 1. The Balaban J connectivity index is 1.85. The molecule has 2 aliphatic heterocycles. The van der Waals surface area contributed by atoms with Crippen molar-refractivity contribution in [2.45, 2.75) is 50.2 Å². The van der Waals surface area contributed by atoms with Crippen LogP contribution in [0.3, 0.4) is 0 Å². The van der Waals surface area contributed by atoms with Crippen molar-refractivity contribution in [1.29, 1.82) is 0 Å². The summed E-state index contributed by atoms with van der Waals surface area (Å²) in [5.41, 5.74) is 5.56. The number of carboxylic acid groups (broad SMARTS) is 1. The molecular formula is C12H21N3O3. The highest BCUT2D eigenvalue weighted by Gasteiger charge is 2.36. The lowest BCUT2D eigenvalue weighted by Gasteiger charge is -2.32. The normalized spacial score (nSPS) is 29.6. The van der Waals surface area contributed by atoms with Gasteiger partial charge in [-0.25, -0.2) is 0 Å². The van der Waals surface area contributed by atoms with Crippen LogP contribution in [0, 0.1) is 0 Å². The van der Waals surface area contributed by atoms with Gasteiger partial charge >= 0.3 is 5.97 Å². The second kappa shape index (κ2) is 5.67. The van der Waals surface area contributed by atoms with E-state index in [1.807, 2.05) is 0 Å². The third-order valence-electron chi connectivity index (χ3n) is 3.91. The van der Waals surface area contributed by atoms with Crippen molar-refractivity contribution in [3.8, 4) is 0 Å². The average Bonchev–Trinajstić information content (AvgIpc) is 2.72. The molecule has 0 aromatic heterocycles. The standard InChI is InChI=1S/C12H21N3O3/c13-8(7-11(16)17)12(18)14-9-4-6-15-5-2-1-3-10(9)15/h8-10H,1-7,13H2,(H,14,18)(H,16,17). The van der Waals surface area contributed by atoms with E-state index in [0.717, 1.165) is 25.9 Å². The number of hydrogen-bond donors (Lipinski definition) is 3. The monoisotopic (exact) mass is 255 g/mol. The average molecular weight is 255 g/mol. The molecule has 0 spiro atoms. The lowest BCUT2D eigenvalue weighted by molar-refractivity contribution is -0.139. The van der Waals surface area contributed by atoms with Crippen molar-refractivity contribution in [2.24, 2.45) is 5.73 Å². The molecule has 3 atom stereocenters. The number of hydrogen-bond acceptors (Lipinski definition) is 4. The predicted octanol–water partition coefficient (Wildman–Crippen LogP) is -0.469. The molecule has 2 fully saturated rings. The molecule has 2 rings (SSSR count). The smallest absolute Gasteiger partial charge is 0.305 e. The molecule has 18 heavy (non-hydrogen) atoms. The number of carbonyl (C=O) groups is 2. The summed E-state index contributed by atoms with van der Waals surface area (Å²) in [7, 11) is 0. The summed E-state index contributed by atoms with van der Waals surface area (Å²) in [4.78, 5) is 24.7. The number of aliphatic carboxylic acids is 1. The van der Waals surface area contributed by atoms with Gasteiger partial charge in [0, 0.05) is 18.6 Å². The minimum absolute atomic E-state index is 0.137. The fraction of sp³-hybridized carbons (Fsp3) is 0.833. The van der Waals surface area contributed by atoms with E-state index in [-0.39, 0.29) is 18.4 Å². The molecule has 0 bridgehead atoms. The summed E-state index contributed by atoms with van der Waals surface area (Å²) in [6, 6.07) is -0.391. The Morgan fingerprint density at radius 3 is 2.83 bits per heavy atom. The van der Waals surface area contributed by atoms with Gasteiger partial charge in [0.05, 0.1) is 12.5 Å². The number of nitrogens with one attached hydrogen (secondary N) is 1. The van der Waals surface area contributed by atoms with Crippen molar-refractivity contribution in [3.63, 3.8) is 0 Å². The van der Waals surface area contributed by atoms with E-state index in [1.54, 1.807) is 0 Å². The van der Waals surface area contributed by atoms with Crippen LogP contribution in [-0.4, -0.2) is 53.1 Å². The highest BCUT2D eigenvalue weighted by atomic mass is 16.4. The number of fused-ring (bicyclic) bond motifs is 1. The second-order valence-corrected chi connectivity index (χ2v) is 5.21. The van der Waals surface area contributed by atoms with Crippen LogP contribution in [0.2, 0.25) is 0 Å². The Morgan fingerprint density at radius 1 is 1.33 bits per heavy atom. The molecule has 0 radical (unpaired) electrons. The van der Waals surface area contributed by atoms with E-state index >= 15 is 0 Å². The second-order valence-electron chi connectivity index (χ2n) is 5.21. The van der Waals surface area contributed by atoms with Crippen molar-refractivity contribution < 1.29 is 14.7 Å². The summed E-state index contributed by atoms with van der Waals surface area (Å²) in [6.07, 6.45) is 4.17. The van der Waals surface area contributed by atoms with Gasteiger partial charge in [-0.05, 0) is 25.8 Å². The topological polar surface area (TPSA) is 95.7 Å². The molecule has 0 aromatic carbocycles. The Hall–Kier alpha value is -1.14. The van der Waals surface area contributed by atoms with E-state index in [4.69, 9.17) is 10.8 Å². The molecule has 2 aliphatic rings. The lowest BCUT2D eigenvalue weighted by atomic mass is 9.98. The van der Waals surface area contributed by atoms with E-state index in [1.165, 1.54) is 12.8 Å². The van der Waals surface area contributed by atoms with Gasteiger partial charge in [-0.3, -0.25) is 14.5 Å². The van der Waals surface area contributed by atoms with Crippen molar-refractivity contribution in [1.82, 2.24) is 10.2 Å². The van der Waals surface area contributed by atoms with Gasteiger partial charge in [0.25, 0.3) is 0 Å². The lowest BCUT2D eigenvalue weighted by Crippen LogP contribution is -2.51. The highest BCUT2D eigenvalue weighted by Crippen LogP contribution is 2.27. The fourth-order valence-electron chi connectivity index (χ4n) is 2.99. The van der Waals surface area contributed by atoms with Crippen molar-refractivity contribution >= 4 is 11.9 Å². The summed E-state index contributed by atoms with van der Waals surface area (Å²) < 4.78 is 0. The summed E-state index contributed by atoms with van der Waals surface area (Å²) in [5, 5.41) is 11.5. The largest absolute Gasteiger partial charge is 0.481 e. The van der Waals surface area contributed by atoms with Gasteiger partial charge in [-0.15, -0.1) is 0 Å². The first kappa shape index (κ1) is 13.3. The summed E-state index contributed by atoms with van der Waals surface area (Å²) in [5.74, 6) is -1.38. The summed E-state index contributed by atoms with van der Waals surface area (Å²) in [6.45, 7) is 2.13. The Kier molecular flexibility index (Phi) is 4.19. The first-order valence-electron chi connectivity index (χ1n) is 6.59. The van der Waals surface area contributed by atoms with Crippen LogP contribution in [0.5, 0.6) is 0 Å². The van der Waals surface area contributed by atoms with Crippen molar-refractivity contribution in [3.05, 3.63) is 0 Å². The van der Waals surface area contributed by atoms with Crippen molar-refractivity contribution in [2.75, 3.05) is 13.1 Å². The fourth-order valence-corrected chi connectivity index (χ4v) is 2.99. The maximum Gasteiger partial charge on any atom is 0.305 e. The third-order valence-corrected chi connectivity index (χ3v) is 3.91. The van der Waals surface area contributed by atoms with E-state index in [9.17, 15) is 9.59 Å². The minimum Gasteiger partial charge on any atom is -0.481 e. The molecule has 2 saturated heterocycles. The number of nitrogens with zero attached hydrogens (tertiary/aromatic N) is 1. The van der Waals surface area contributed by atoms with Gasteiger partial charge in [0.1, 0.15) is 0 Å². The van der Waals surface area contributed by atoms with E-state index < -0.39 is 12.0 Å². The molecule has 2 heterocycles. The molecule has 4 N–H and O–H groups in total. The molecule has 3 unspecified atom stereocenters. The number of amides is 1. The van der Waals surface area contributed by atoms with Crippen LogP contribution in [0.15, 0.2) is 0 Å². The molecule has 1 amide bonds. The molecule has 6 nitrogen and oxygen atoms in total. The Labute approximate surface area is 107 Å². The van der Waals surface area contributed by atoms with E-state index in [2.05, 4.69) is 10.2 Å². The zero-order valence-corrected chi connectivity index (χ0v) is 10.5. The molecule has 0 aliphatic carbocycles. The first-order chi connectivity index (χ1) is 8.58. The number of carbonyl (C=O) groups excluding carboxylic acids is 1. The number of rotatable bonds is 4. The minimum atomic E-state index is -1.04. The van der Waals surface area contributed by atoms with Crippen LogP contribution in [0.1, 0.15) is 32.1 Å². The van der Waals surface area contributed by atoms with Gasteiger partial charge in [-0.2, -0.15) is 0 Å². The van der Waals surface area contributed by atoms with Crippen LogP contribution < -0.4 is 11.1 Å². The molecule has 0 saturated carbocycles. The van der Waals surface area contributed by atoms with Gasteiger partial charge < -0.3 is 16.2 Å². The SMILES string of the molecule is NC(CC(=O)O)C(=O)NC1CCN2CCCCC12. The van der Waals surface area contributed by atoms with Gasteiger partial charge in [0.15, 0.2) is 0 Å². The van der Waals surface area contributed by atoms with E-state index in [0.29, 0.717) is 6.04 Å². The highest BCUT2D eigenvalue weighted by molar-refractivity contribution is 5.86. The van der Waals surface area contributed by atoms with Gasteiger partial charge in [-0.1, -0.05) is 6.42 Å².